The highest BCUT2D eigenvalue weighted by atomic mass is 127. The molecule has 0 saturated heterocycles. The second kappa shape index (κ2) is 13.7. The van der Waals surface area contributed by atoms with Gasteiger partial charge in [0.25, 0.3) is 0 Å². The van der Waals surface area contributed by atoms with E-state index in [0.717, 1.165) is 47.6 Å². The molecule has 2 aromatic rings. The summed E-state index contributed by atoms with van der Waals surface area (Å²) in [5, 5.41) is 15.1. The summed E-state index contributed by atoms with van der Waals surface area (Å²) in [5.41, 5.74) is 2.25. The Morgan fingerprint density at radius 3 is 2.63 bits per heavy atom. The van der Waals surface area contributed by atoms with Crippen molar-refractivity contribution in [2.24, 2.45) is 12.0 Å². The molecule has 0 spiro atoms. The van der Waals surface area contributed by atoms with Gasteiger partial charge in [-0.25, -0.2) is 4.99 Å². The molecule has 30 heavy (non-hydrogen) atoms. The average Bonchev–Trinajstić information content (AvgIpc) is 2.99. The normalized spacial score (nSPS) is 11.4. The Labute approximate surface area is 201 Å². The number of rotatable bonds is 10. The Balaban J connectivity index is 0.00000450. The molecule has 0 bridgehead atoms. The monoisotopic (exact) mass is 546 g/mol. The molecule has 1 aromatic heterocycles. The molecule has 0 aliphatic rings. The number of nitrogens with zero attached hydrogens (tertiary/aromatic N) is 4. The zero-order valence-corrected chi connectivity index (χ0v) is 22.0. The molecule has 2 rings (SSSR count). The lowest BCUT2D eigenvalue weighted by Crippen LogP contribution is -2.38. The highest BCUT2D eigenvalue weighted by molar-refractivity contribution is 14.0. The quantitative estimate of drug-likeness (QED) is 0.204. The number of thioether (sulfide) groups is 1. The molecule has 0 aliphatic carbocycles. The summed E-state index contributed by atoms with van der Waals surface area (Å²) in [6.45, 7) is 10.1. The molecule has 0 aliphatic heterocycles. The summed E-state index contributed by atoms with van der Waals surface area (Å²) in [7, 11) is 1.97. The molecular weight excluding hydrogens is 511 g/mol. The number of aryl methyl sites for hydroxylation is 2. The third-order valence-electron chi connectivity index (χ3n) is 4.41. The van der Waals surface area contributed by atoms with Crippen LogP contribution in [0.4, 0.5) is 0 Å². The number of ether oxygens (including phenoxy) is 1. The van der Waals surface area contributed by atoms with E-state index in [4.69, 9.17) is 9.73 Å². The van der Waals surface area contributed by atoms with Crippen LogP contribution in [0.3, 0.4) is 0 Å². The first-order valence-corrected chi connectivity index (χ1v) is 11.4. The smallest absolute Gasteiger partial charge is 0.191 e. The summed E-state index contributed by atoms with van der Waals surface area (Å²) in [6, 6.07) is 6.26. The lowest BCUT2D eigenvalue weighted by atomic mass is 10.1. The van der Waals surface area contributed by atoms with Crippen LogP contribution >= 0.6 is 35.7 Å². The molecule has 9 heteroatoms. The Morgan fingerprint density at radius 2 is 2.00 bits per heavy atom. The number of guanidine groups is 1. The molecule has 7 nitrogen and oxygen atoms in total. The van der Waals surface area contributed by atoms with Gasteiger partial charge in [0.15, 0.2) is 11.8 Å². The van der Waals surface area contributed by atoms with Gasteiger partial charge in [-0.15, -0.1) is 34.2 Å². The molecule has 0 radical (unpaired) electrons. The summed E-state index contributed by atoms with van der Waals surface area (Å²) in [5.74, 6) is 4.55. The highest BCUT2D eigenvalue weighted by Gasteiger charge is 2.09. The predicted molar refractivity (Wildman–Crippen MR) is 137 cm³/mol. The van der Waals surface area contributed by atoms with E-state index in [0.29, 0.717) is 13.1 Å². The number of benzene rings is 1. The van der Waals surface area contributed by atoms with E-state index in [9.17, 15) is 0 Å². The van der Waals surface area contributed by atoms with Gasteiger partial charge in [-0.3, -0.25) is 0 Å². The van der Waals surface area contributed by atoms with Crippen LogP contribution in [0.2, 0.25) is 0 Å². The average molecular weight is 547 g/mol. The van der Waals surface area contributed by atoms with Crippen molar-refractivity contribution in [1.29, 1.82) is 0 Å². The highest BCUT2D eigenvalue weighted by Crippen LogP contribution is 2.22. The molecule has 2 N–H and O–H groups in total. The SMILES string of the molecule is CSCCCNC(=NCc1ccc(C)cc1OC(C)C)NCc1nnc(C)n1C.I. The van der Waals surface area contributed by atoms with Gasteiger partial charge in [-0.1, -0.05) is 12.1 Å². The minimum atomic E-state index is 0. The molecule has 0 atom stereocenters. The maximum atomic E-state index is 5.98. The summed E-state index contributed by atoms with van der Waals surface area (Å²) in [4.78, 5) is 4.79. The first-order chi connectivity index (χ1) is 13.9. The van der Waals surface area contributed by atoms with Gasteiger partial charge < -0.3 is 19.9 Å². The van der Waals surface area contributed by atoms with Crippen molar-refractivity contribution in [2.75, 3.05) is 18.6 Å². The number of aliphatic imine (C=N–C) groups is 1. The van der Waals surface area contributed by atoms with Crippen LogP contribution in [0.25, 0.3) is 0 Å². The van der Waals surface area contributed by atoms with Crippen LogP contribution in [-0.4, -0.2) is 45.4 Å². The van der Waals surface area contributed by atoms with E-state index >= 15 is 0 Å². The molecular formula is C21H35IN6OS. The molecule has 0 fully saturated rings. The van der Waals surface area contributed by atoms with Gasteiger partial charge in [0.05, 0.1) is 19.2 Å². The number of hydrogen-bond acceptors (Lipinski definition) is 5. The molecule has 0 amide bonds. The van der Waals surface area contributed by atoms with Gasteiger partial charge in [-0.2, -0.15) is 11.8 Å². The van der Waals surface area contributed by atoms with E-state index in [1.54, 1.807) is 0 Å². The Kier molecular flexibility index (Phi) is 12.2. The second-order valence-corrected chi connectivity index (χ2v) is 8.28. The minimum absolute atomic E-state index is 0. The minimum Gasteiger partial charge on any atom is -0.491 e. The molecule has 0 unspecified atom stereocenters. The molecule has 168 valence electrons. The fourth-order valence-electron chi connectivity index (χ4n) is 2.69. The van der Waals surface area contributed by atoms with E-state index in [1.807, 2.05) is 44.1 Å². The van der Waals surface area contributed by atoms with Crippen molar-refractivity contribution in [3.63, 3.8) is 0 Å². The molecule has 1 heterocycles. The molecule has 1 aromatic carbocycles. The van der Waals surface area contributed by atoms with Crippen molar-refractivity contribution >= 4 is 41.7 Å². The topological polar surface area (TPSA) is 76.4 Å². The van der Waals surface area contributed by atoms with Crippen molar-refractivity contribution in [1.82, 2.24) is 25.4 Å². The number of aromatic nitrogens is 3. The summed E-state index contributed by atoms with van der Waals surface area (Å²) >= 11 is 1.85. The number of nitrogens with one attached hydrogen (secondary N) is 2. The third-order valence-corrected chi connectivity index (χ3v) is 5.10. The van der Waals surface area contributed by atoms with E-state index in [1.165, 1.54) is 5.56 Å². The van der Waals surface area contributed by atoms with Crippen molar-refractivity contribution in [2.45, 2.75) is 53.3 Å². The predicted octanol–water partition coefficient (Wildman–Crippen LogP) is 3.83. The van der Waals surface area contributed by atoms with Gasteiger partial charge in [0, 0.05) is 19.2 Å². The fraction of sp³-hybridized carbons (Fsp3) is 0.571. The summed E-state index contributed by atoms with van der Waals surface area (Å²) in [6.07, 6.45) is 3.33. The number of halogens is 1. The van der Waals surface area contributed by atoms with Crippen LogP contribution in [0.15, 0.2) is 23.2 Å². The lowest BCUT2D eigenvalue weighted by molar-refractivity contribution is 0.240. The van der Waals surface area contributed by atoms with E-state index in [2.05, 4.69) is 52.2 Å². The van der Waals surface area contributed by atoms with Crippen LogP contribution in [0.5, 0.6) is 5.75 Å². The van der Waals surface area contributed by atoms with Crippen LogP contribution in [-0.2, 0) is 20.1 Å². The lowest BCUT2D eigenvalue weighted by Gasteiger charge is -2.15. The van der Waals surface area contributed by atoms with Gasteiger partial charge in [0.1, 0.15) is 11.6 Å². The Morgan fingerprint density at radius 1 is 1.23 bits per heavy atom. The maximum absolute atomic E-state index is 5.98. The number of hydrogen-bond donors (Lipinski definition) is 2. The first-order valence-electron chi connectivity index (χ1n) is 10.0. The second-order valence-electron chi connectivity index (χ2n) is 7.29. The Hall–Kier alpha value is -1.49. The zero-order chi connectivity index (χ0) is 21.2. The van der Waals surface area contributed by atoms with E-state index < -0.39 is 0 Å². The van der Waals surface area contributed by atoms with Crippen molar-refractivity contribution in [3.05, 3.63) is 41.0 Å². The first kappa shape index (κ1) is 26.5. The third kappa shape index (κ3) is 8.71. The van der Waals surface area contributed by atoms with Crippen LogP contribution in [0, 0.1) is 13.8 Å². The van der Waals surface area contributed by atoms with Gasteiger partial charge >= 0.3 is 0 Å². The maximum Gasteiger partial charge on any atom is 0.191 e. The largest absolute Gasteiger partial charge is 0.491 e. The van der Waals surface area contributed by atoms with Crippen molar-refractivity contribution < 1.29 is 4.74 Å². The Bertz CT molecular complexity index is 809. The van der Waals surface area contributed by atoms with Crippen LogP contribution in [0.1, 0.15) is 43.0 Å². The van der Waals surface area contributed by atoms with Crippen molar-refractivity contribution in [3.8, 4) is 5.75 Å². The standard InChI is InChI=1S/C21H34N6OS.HI/c1-15(2)28-19-12-16(3)8-9-18(19)13-23-21(22-10-7-11-29-6)24-14-20-26-25-17(4)27(20)5;/h8-9,12,15H,7,10-11,13-14H2,1-6H3,(H2,22,23,24);1H. The van der Waals surface area contributed by atoms with Crippen LogP contribution < -0.4 is 15.4 Å². The molecule has 0 saturated carbocycles. The zero-order valence-electron chi connectivity index (χ0n) is 18.9. The van der Waals surface area contributed by atoms with Gasteiger partial charge in [0.2, 0.25) is 0 Å². The fourth-order valence-corrected chi connectivity index (χ4v) is 3.12. The van der Waals surface area contributed by atoms with E-state index in [-0.39, 0.29) is 30.1 Å². The van der Waals surface area contributed by atoms with Gasteiger partial charge in [-0.05, 0) is 57.8 Å². The summed E-state index contributed by atoms with van der Waals surface area (Å²) < 4.78 is 7.96.